The molecule has 0 radical (unpaired) electrons. The molecule has 1 saturated heterocycles. The zero-order chi connectivity index (χ0) is 21.3. The van der Waals surface area contributed by atoms with Crippen molar-refractivity contribution in [2.45, 2.75) is 12.8 Å². The summed E-state index contributed by atoms with van der Waals surface area (Å²) in [5.74, 6) is -1.50. The summed E-state index contributed by atoms with van der Waals surface area (Å²) in [7, 11) is 0. The smallest absolute Gasteiger partial charge is 0.325 e. The fraction of sp³-hybridized carbons (Fsp3) is 0.217. The maximum absolute atomic E-state index is 12.3. The van der Waals surface area contributed by atoms with Crippen LogP contribution in [0.4, 0.5) is 5.69 Å². The van der Waals surface area contributed by atoms with Gasteiger partial charge in [-0.3, -0.25) is 19.2 Å². The minimum atomic E-state index is -0.712. The average Bonchev–Trinajstić information content (AvgIpc) is 3.21. The summed E-state index contributed by atoms with van der Waals surface area (Å²) in [6, 6.07) is 16.0. The summed E-state index contributed by atoms with van der Waals surface area (Å²) in [6.07, 6.45) is 4.24. The first-order valence-electron chi connectivity index (χ1n) is 9.63. The second kappa shape index (κ2) is 10.2. The molecule has 0 saturated carbocycles. The Bertz CT molecular complexity index is 969. The number of hydrogen-bond donors (Lipinski definition) is 1. The van der Waals surface area contributed by atoms with Gasteiger partial charge in [0.1, 0.15) is 6.54 Å². The monoisotopic (exact) mass is 406 g/mol. The number of nitrogens with zero attached hydrogens (tertiary/aromatic N) is 1. The average molecular weight is 406 g/mol. The molecule has 30 heavy (non-hydrogen) atoms. The van der Waals surface area contributed by atoms with Gasteiger partial charge in [-0.1, -0.05) is 42.5 Å². The van der Waals surface area contributed by atoms with Gasteiger partial charge >= 0.3 is 5.97 Å². The van der Waals surface area contributed by atoms with Crippen LogP contribution in [-0.4, -0.2) is 43.3 Å². The maximum atomic E-state index is 12.3. The van der Waals surface area contributed by atoms with E-state index in [0.717, 1.165) is 12.0 Å². The second-order valence-electron chi connectivity index (χ2n) is 6.74. The molecule has 2 aromatic carbocycles. The molecule has 7 nitrogen and oxygen atoms in total. The fourth-order valence-electron chi connectivity index (χ4n) is 3.00. The first-order valence-corrected chi connectivity index (χ1v) is 9.63. The van der Waals surface area contributed by atoms with Gasteiger partial charge in [-0.15, -0.1) is 0 Å². The van der Waals surface area contributed by atoms with E-state index in [1.807, 2.05) is 30.3 Å². The Hall–Kier alpha value is -3.74. The molecule has 1 N–H and O–H groups in total. The zero-order valence-corrected chi connectivity index (χ0v) is 16.4. The van der Waals surface area contributed by atoms with Crippen LogP contribution in [0.2, 0.25) is 0 Å². The van der Waals surface area contributed by atoms with E-state index >= 15 is 0 Å². The lowest BCUT2D eigenvalue weighted by Crippen LogP contribution is -2.30. The van der Waals surface area contributed by atoms with E-state index in [4.69, 9.17) is 4.74 Å². The number of nitrogens with one attached hydrogen (secondary N) is 1. The Morgan fingerprint density at radius 3 is 2.60 bits per heavy atom. The number of ether oxygens (including phenoxy) is 1. The number of amides is 2. The first-order chi connectivity index (χ1) is 14.5. The fourth-order valence-corrected chi connectivity index (χ4v) is 3.00. The summed E-state index contributed by atoms with van der Waals surface area (Å²) in [6.45, 7) is -0.149. The number of Topliss-reactive ketones (excluding diaryl/α,β-unsaturated/α-hetero) is 1. The highest BCUT2D eigenvalue weighted by Gasteiger charge is 2.22. The number of anilines is 1. The number of esters is 1. The van der Waals surface area contributed by atoms with E-state index in [1.165, 1.54) is 6.08 Å². The summed E-state index contributed by atoms with van der Waals surface area (Å²) in [4.78, 5) is 49.4. The normalized spacial score (nSPS) is 13.5. The van der Waals surface area contributed by atoms with Gasteiger partial charge in [-0.05, 0) is 30.2 Å². The van der Waals surface area contributed by atoms with Gasteiger partial charge in [-0.2, -0.15) is 0 Å². The number of carbonyl (C=O) groups is 4. The SMILES string of the molecule is O=C(/C=C/c1ccccc1)NCC(=O)OCC(=O)c1cccc(N2CCCC2=O)c1. The minimum Gasteiger partial charge on any atom is -0.456 e. The molecule has 1 fully saturated rings. The molecule has 1 aliphatic rings. The van der Waals surface area contributed by atoms with Gasteiger partial charge in [0.2, 0.25) is 11.8 Å². The molecule has 0 unspecified atom stereocenters. The number of hydrogen-bond acceptors (Lipinski definition) is 5. The lowest BCUT2D eigenvalue weighted by molar-refractivity contribution is -0.142. The van der Waals surface area contributed by atoms with Crippen LogP contribution in [0.5, 0.6) is 0 Å². The van der Waals surface area contributed by atoms with Crippen molar-refractivity contribution in [1.82, 2.24) is 5.32 Å². The number of ketones is 1. The van der Waals surface area contributed by atoms with E-state index in [0.29, 0.717) is 24.2 Å². The standard InChI is InChI=1S/C23H22N2O5/c26-20(18-8-4-9-19(14-18)25-13-5-10-22(25)28)16-30-23(29)15-24-21(27)12-11-17-6-2-1-3-7-17/h1-4,6-9,11-12,14H,5,10,13,15-16H2,(H,24,27)/b12-11+. The molecule has 0 aromatic heterocycles. The Morgan fingerprint density at radius 1 is 1.07 bits per heavy atom. The molecule has 1 aliphatic heterocycles. The van der Waals surface area contributed by atoms with Crippen LogP contribution >= 0.6 is 0 Å². The quantitative estimate of drug-likeness (QED) is 0.413. The van der Waals surface area contributed by atoms with Crippen LogP contribution in [0.1, 0.15) is 28.8 Å². The molecule has 7 heteroatoms. The molecule has 0 spiro atoms. The molecular formula is C23H22N2O5. The third-order valence-electron chi connectivity index (χ3n) is 4.55. The van der Waals surface area contributed by atoms with Gasteiger partial charge in [0.25, 0.3) is 0 Å². The molecule has 0 aliphatic carbocycles. The van der Waals surface area contributed by atoms with Crippen LogP contribution in [0, 0.1) is 0 Å². The Kier molecular flexibility index (Phi) is 7.10. The third kappa shape index (κ3) is 5.88. The highest BCUT2D eigenvalue weighted by atomic mass is 16.5. The largest absolute Gasteiger partial charge is 0.456 e. The van der Waals surface area contributed by atoms with Crippen molar-refractivity contribution < 1.29 is 23.9 Å². The number of rotatable bonds is 8. The van der Waals surface area contributed by atoms with Crippen molar-refractivity contribution in [3.63, 3.8) is 0 Å². The van der Waals surface area contributed by atoms with Gasteiger partial charge in [0.05, 0.1) is 0 Å². The summed E-state index contributed by atoms with van der Waals surface area (Å²) < 4.78 is 4.95. The van der Waals surface area contributed by atoms with Gasteiger partial charge < -0.3 is 15.0 Å². The van der Waals surface area contributed by atoms with Gasteiger partial charge in [-0.25, -0.2) is 0 Å². The molecule has 1 heterocycles. The van der Waals surface area contributed by atoms with Gasteiger partial charge in [0, 0.05) is 30.3 Å². The van der Waals surface area contributed by atoms with E-state index < -0.39 is 18.5 Å². The second-order valence-corrected chi connectivity index (χ2v) is 6.74. The third-order valence-corrected chi connectivity index (χ3v) is 4.55. The molecule has 2 amide bonds. The zero-order valence-electron chi connectivity index (χ0n) is 16.4. The van der Waals surface area contributed by atoms with Crippen LogP contribution in [0.3, 0.4) is 0 Å². The van der Waals surface area contributed by atoms with Crippen molar-refractivity contribution in [3.05, 3.63) is 71.8 Å². The molecule has 3 rings (SSSR count). The summed E-state index contributed by atoms with van der Waals surface area (Å²) >= 11 is 0. The molecule has 0 bridgehead atoms. The van der Waals surface area contributed by atoms with Crippen LogP contribution in [0.25, 0.3) is 6.08 Å². The minimum absolute atomic E-state index is 0.0306. The van der Waals surface area contributed by atoms with Crippen molar-refractivity contribution in [3.8, 4) is 0 Å². The molecular weight excluding hydrogens is 384 g/mol. The van der Waals surface area contributed by atoms with Crippen molar-refractivity contribution in [2.75, 3.05) is 24.6 Å². The maximum Gasteiger partial charge on any atom is 0.325 e. The van der Waals surface area contributed by atoms with Crippen molar-refractivity contribution in [2.24, 2.45) is 0 Å². The van der Waals surface area contributed by atoms with E-state index in [-0.39, 0.29) is 18.2 Å². The molecule has 0 atom stereocenters. The molecule has 154 valence electrons. The van der Waals surface area contributed by atoms with E-state index in [2.05, 4.69) is 5.32 Å². The van der Waals surface area contributed by atoms with Crippen LogP contribution < -0.4 is 10.2 Å². The highest BCUT2D eigenvalue weighted by molar-refractivity contribution is 6.01. The Labute approximate surface area is 174 Å². The van der Waals surface area contributed by atoms with Gasteiger partial charge in [0.15, 0.2) is 12.4 Å². The lowest BCUT2D eigenvalue weighted by atomic mass is 10.1. The summed E-state index contributed by atoms with van der Waals surface area (Å²) in [5, 5.41) is 2.41. The number of benzene rings is 2. The Balaban J connectivity index is 1.44. The van der Waals surface area contributed by atoms with E-state index in [9.17, 15) is 19.2 Å². The molecule has 2 aromatic rings. The van der Waals surface area contributed by atoms with Crippen molar-refractivity contribution in [1.29, 1.82) is 0 Å². The lowest BCUT2D eigenvalue weighted by Gasteiger charge is -2.16. The van der Waals surface area contributed by atoms with Crippen LogP contribution in [0.15, 0.2) is 60.7 Å². The van der Waals surface area contributed by atoms with E-state index in [1.54, 1.807) is 35.2 Å². The highest BCUT2D eigenvalue weighted by Crippen LogP contribution is 2.22. The predicted molar refractivity (Wildman–Crippen MR) is 112 cm³/mol. The van der Waals surface area contributed by atoms with Crippen molar-refractivity contribution >= 4 is 35.3 Å². The van der Waals surface area contributed by atoms with Crippen LogP contribution in [-0.2, 0) is 19.1 Å². The first kappa shape index (κ1) is 21.0. The summed E-state index contributed by atoms with van der Waals surface area (Å²) in [5.41, 5.74) is 1.88. The Morgan fingerprint density at radius 2 is 1.87 bits per heavy atom. The topological polar surface area (TPSA) is 92.8 Å². The predicted octanol–water partition coefficient (Wildman–Crippen LogP) is 2.37. The number of carbonyl (C=O) groups excluding carboxylic acids is 4.